The van der Waals surface area contributed by atoms with Crippen LogP contribution in [0.25, 0.3) is 0 Å². The van der Waals surface area contributed by atoms with Crippen LogP contribution in [0.1, 0.15) is 70.6 Å². The first-order chi connectivity index (χ1) is 10.1. The third kappa shape index (κ3) is 2.42. The third-order valence-corrected chi connectivity index (χ3v) is 7.48. The van der Waals surface area contributed by atoms with E-state index in [-0.39, 0.29) is 11.0 Å². The predicted octanol–water partition coefficient (Wildman–Crippen LogP) is 4.26. The predicted molar refractivity (Wildman–Crippen MR) is 85.3 cm³/mol. The van der Waals surface area contributed by atoms with Crippen LogP contribution in [-0.4, -0.2) is 17.3 Å². The fourth-order valence-electron chi connectivity index (χ4n) is 6.28. The van der Waals surface area contributed by atoms with Crippen molar-refractivity contribution in [2.45, 2.75) is 76.2 Å². The number of alkyl halides is 1. The van der Waals surface area contributed by atoms with Gasteiger partial charge in [0, 0.05) is 11.3 Å². The van der Waals surface area contributed by atoms with Crippen molar-refractivity contribution in [2.24, 2.45) is 23.2 Å². The summed E-state index contributed by atoms with van der Waals surface area (Å²) < 4.78 is 0. The lowest BCUT2D eigenvalue weighted by atomic mass is 9.49. The molecule has 0 spiro atoms. The van der Waals surface area contributed by atoms with Crippen molar-refractivity contribution in [2.75, 3.05) is 5.88 Å². The summed E-state index contributed by atoms with van der Waals surface area (Å²) in [5, 5.41) is 3.47. The Kier molecular flexibility index (Phi) is 3.52. The molecule has 0 heterocycles. The molecule has 21 heavy (non-hydrogen) atoms. The summed E-state index contributed by atoms with van der Waals surface area (Å²) in [6.45, 7) is 0. The minimum Gasteiger partial charge on any atom is -0.349 e. The van der Waals surface area contributed by atoms with E-state index in [2.05, 4.69) is 5.32 Å². The van der Waals surface area contributed by atoms with Crippen LogP contribution in [0, 0.1) is 23.2 Å². The highest BCUT2D eigenvalue weighted by atomic mass is 35.5. The number of hydrogen-bond acceptors (Lipinski definition) is 1. The summed E-state index contributed by atoms with van der Waals surface area (Å²) in [7, 11) is 0. The first-order valence-corrected chi connectivity index (χ1v) is 9.55. The van der Waals surface area contributed by atoms with Crippen LogP contribution < -0.4 is 5.32 Å². The SMILES string of the molecule is O=C(NC1(CCl)CCCCC1)C12CC3CC(CC(C3)C1)C2. The monoisotopic (exact) mass is 309 g/mol. The maximum absolute atomic E-state index is 13.2. The summed E-state index contributed by atoms with van der Waals surface area (Å²) >= 11 is 6.27. The van der Waals surface area contributed by atoms with Crippen LogP contribution in [0.5, 0.6) is 0 Å². The van der Waals surface area contributed by atoms with Crippen LogP contribution in [-0.2, 0) is 4.79 Å². The van der Waals surface area contributed by atoms with E-state index in [9.17, 15) is 4.79 Å². The molecule has 0 unspecified atom stereocenters. The summed E-state index contributed by atoms with van der Waals surface area (Å²) in [6.07, 6.45) is 13.5. The second kappa shape index (κ2) is 5.15. The molecule has 1 amide bonds. The van der Waals surface area contributed by atoms with Gasteiger partial charge in [-0.1, -0.05) is 19.3 Å². The molecule has 0 aliphatic heterocycles. The Bertz CT molecular complexity index is 392. The van der Waals surface area contributed by atoms with Crippen molar-refractivity contribution in [1.82, 2.24) is 5.32 Å². The van der Waals surface area contributed by atoms with E-state index in [4.69, 9.17) is 11.6 Å². The zero-order chi connectivity index (χ0) is 14.5. The Morgan fingerprint density at radius 2 is 1.48 bits per heavy atom. The number of amides is 1. The molecule has 0 saturated heterocycles. The summed E-state index contributed by atoms with van der Waals surface area (Å²) in [6, 6.07) is 0. The van der Waals surface area contributed by atoms with E-state index in [1.54, 1.807) is 0 Å². The lowest BCUT2D eigenvalue weighted by Crippen LogP contribution is -2.60. The zero-order valence-corrected chi connectivity index (χ0v) is 13.8. The van der Waals surface area contributed by atoms with E-state index >= 15 is 0 Å². The molecule has 3 heteroatoms. The maximum atomic E-state index is 13.2. The van der Waals surface area contributed by atoms with E-state index in [1.165, 1.54) is 38.5 Å². The average molecular weight is 310 g/mol. The van der Waals surface area contributed by atoms with Crippen molar-refractivity contribution < 1.29 is 4.79 Å². The minimum atomic E-state index is -0.0970. The molecule has 118 valence electrons. The molecule has 5 rings (SSSR count). The Morgan fingerprint density at radius 3 is 1.95 bits per heavy atom. The largest absolute Gasteiger partial charge is 0.349 e. The molecule has 0 aromatic rings. The average Bonchev–Trinajstić information content (AvgIpc) is 2.47. The minimum absolute atomic E-state index is 0.0226. The first kappa shape index (κ1) is 14.4. The Balaban J connectivity index is 1.52. The highest BCUT2D eigenvalue weighted by molar-refractivity contribution is 6.18. The van der Waals surface area contributed by atoms with E-state index < -0.39 is 0 Å². The smallest absolute Gasteiger partial charge is 0.226 e. The van der Waals surface area contributed by atoms with Crippen LogP contribution in [0.2, 0.25) is 0 Å². The molecule has 0 radical (unpaired) electrons. The van der Waals surface area contributed by atoms with Gasteiger partial charge in [-0.25, -0.2) is 0 Å². The molecule has 5 fully saturated rings. The molecule has 0 aromatic carbocycles. The molecule has 5 saturated carbocycles. The van der Waals surface area contributed by atoms with Crippen molar-refractivity contribution in [3.8, 4) is 0 Å². The van der Waals surface area contributed by atoms with Gasteiger partial charge in [0.1, 0.15) is 0 Å². The van der Waals surface area contributed by atoms with Crippen molar-refractivity contribution in [3.05, 3.63) is 0 Å². The van der Waals surface area contributed by atoms with Gasteiger partial charge in [0.05, 0.1) is 5.54 Å². The van der Waals surface area contributed by atoms with Gasteiger partial charge in [-0.2, -0.15) is 0 Å². The molecular weight excluding hydrogens is 282 g/mol. The van der Waals surface area contributed by atoms with Crippen molar-refractivity contribution >= 4 is 17.5 Å². The highest BCUT2D eigenvalue weighted by Gasteiger charge is 2.55. The Labute approximate surface area is 133 Å². The number of halogens is 1. The number of carbonyl (C=O) groups excluding carboxylic acids is 1. The van der Waals surface area contributed by atoms with Crippen LogP contribution in [0.4, 0.5) is 0 Å². The summed E-state index contributed by atoms with van der Waals surface area (Å²) in [5.74, 6) is 3.45. The Morgan fingerprint density at radius 1 is 0.952 bits per heavy atom. The number of nitrogens with one attached hydrogen (secondary N) is 1. The van der Waals surface area contributed by atoms with E-state index in [1.807, 2.05) is 0 Å². The first-order valence-electron chi connectivity index (χ1n) is 9.02. The van der Waals surface area contributed by atoms with Gasteiger partial charge in [-0.15, -0.1) is 11.6 Å². The Hall–Kier alpha value is -0.240. The van der Waals surface area contributed by atoms with Crippen LogP contribution in [0.15, 0.2) is 0 Å². The molecule has 5 aliphatic carbocycles. The summed E-state index contributed by atoms with van der Waals surface area (Å²) in [5.41, 5.74) is -0.120. The maximum Gasteiger partial charge on any atom is 0.226 e. The second-order valence-electron chi connectivity index (χ2n) is 8.63. The molecule has 1 N–H and O–H groups in total. The lowest BCUT2D eigenvalue weighted by Gasteiger charge is -2.56. The third-order valence-electron chi connectivity index (χ3n) is 6.97. The standard InChI is InChI=1S/C18H28ClNO/c19-12-18(4-2-1-3-5-18)20-16(21)17-9-13-6-14(10-17)8-15(7-13)11-17/h13-15H,1-12H2,(H,20,21). The number of hydrogen-bond donors (Lipinski definition) is 1. The zero-order valence-electron chi connectivity index (χ0n) is 13.0. The number of rotatable bonds is 3. The lowest BCUT2D eigenvalue weighted by molar-refractivity contribution is -0.148. The quantitative estimate of drug-likeness (QED) is 0.775. The normalized spacial score (nSPS) is 43.8. The fourth-order valence-corrected chi connectivity index (χ4v) is 6.62. The van der Waals surface area contributed by atoms with Gasteiger partial charge >= 0.3 is 0 Å². The van der Waals surface area contributed by atoms with Gasteiger partial charge in [-0.3, -0.25) is 4.79 Å². The molecule has 2 nitrogen and oxygen atoms in total. The summed E-state index contributed by atoms with van der Waals surface area (Å²) in [4.78, 5) is 13.2. The van der Waals surface area contributed by atoms with Gasteiger partial charge < -0.3 is 5.32 Å². The molecule has 0 atom stereocenters. The van der Waals surface area contributed by atoms with Gasteiger partial charge in [0.2, 0.25) is 5.91 Å². The van der Waals surface area contributed by atoms with Crippen molar-refractivity contribution in [3.63, 3.8) is 0 Å². The number of carbonyl (C=O) groups is 1. The van der Waals surface area contributed by atoms with Gasteiger partial charge in [0.25, 0.3) is 0 Å². The van der Waals surface area contributed by atoms with E-state index in [0.717, 1.165) is 49.9 Å². The molecule has 0 aromatic heterocycles. The topological polar surface area (TPSA) is 29.1 Å². The fraction of sp³-hybridized carbons (Fsp3) is 0.944. The van der Waals surface area contributed by atoms with Crippen LogP contribution in [0.3, 0.4) is 0 Å². The van der Waals surface area contributed by atoms with Crippen LogP contribution >= 0.6 is 11.6 Å². The molecule has 5 aliphatic rings. The molecule has 4 bridgehead atoms. The van der Waals surface area contributed by atoms with Crippen molar-refractivity contribution in [1.29, 1.82) is 0 Å². The molecular formula is C18H28ClNO. The second-order valence-corrected chi connectivity index (χ2v) is 8.89. The van der Waals surface area contributed by atoms with E-state index in [0.29, 0.717) is 11.8 Å². The van der Waals surface area contributed by atoms with Gasteiger partial charge in [0.15, 0.2) is 0 Å². The van der Waals surface area contributed by atoms with Gasteiger partial charge in [-0.05, 0) is 69.1 Å². The highest BCUT2D eigenvalue weighted by Crippen LogP contribution is 2.60.